The summed E-state index contributed by atoms with van der Waals surface area (Å²) in [6.45, 7) is -0.291. The predicted molar refractivity (Wildman–Crippen MR) is 109 cm³/mol. The van der Waals surface area contributed by atoms with Gasteiger partial charge in [0.1, 0.15) is 6.04 Å². The Balaban J connectivity index is 1.40. The van der Waals surface area contributed by atoms with E-state index >= 15 is 0 Å². The van der Waals surface area contributed by atoms with Gasteiger partial charge in [0, 0.05) is 13.1 Å². The lowest BCUT2D eigenvalue weighted by Gasteiger charge is -2.15. The number of anilines is 1. The summed E-state index contributed by atoms with van der Waals surface area (Å²) in [7, 11) is 0. The van der Waals surface area contributed by atoms with Crippen molar-refractivity contribution in [3.05, 3.63) is 59.9 Å². The van der Waals surface area contributed by atoms with Crippen LogP contribution in [-0.4, -0.2) is 39.9 Å². The third-order valence-corrected chi connectivity index (χ3v) is 5.01. The van der Waals surface area contributed by atoms with E-state index in [9.17, 15) is 27.6 Å². The molecule has 0 bridgehead atoms. The number of imidazole rings is 1. The van der Waals surface area contributed by atoms with Crippen molar-refractivity contribution in [2.75, 3.05) is 11.9 Å². The average Bonchev–Trinajstić information content (AvgIpc) is 3.07. The van der Waals surface area contributed by atoms with Crippen LogP contribution in [0, 0.1) is 0 Å². The predicted octanol–water partition coefficient (Wildman–Crippen LogP) is 2.31. The number of halogens is 3. The smallest absolute Gasteiger partial charge is 0.354 e. The van der Waals surface area contributed by atoms with Crippen molar-refractivity contribution in [1.29, 1.82) is 0 Å². The van der Waals surface area contributed by atoms with Crippen LogP contribution in [0.5, 0.6) is 0 Å². The van der Waals surface area contributed by atoms with Gasteiger partial charge in [-0.05, 0) is 24.3 Å². The van der Waals surface area contributed by atoms with Gasteiger partial charge in [-0.25, -0.2) is 4.98 Å². The van der Waals surface area contributed by atoms with Gasteiger partial charge in [-0.2, -0.15) is 13.2 Å². The van der Waals surface area contributed by atoms with Crippen molar-refractivity contribution in [3.63, 3.8) is 0 Å². The quantitative estimate of drug-likeness (QED) is 0.561. The summed E-state index contributed by atoms with van der Waals surface area (Å²) in [6, 6.07) is 11.5. The molecule has 11 heteroatoms. The molecule has 2 aromatic carbocycles. The topological polar surface area (TPSA) is 105 Å². The van der Waals surface area contributed by atoms with Gasteiger partial charge >= 0.3 is 6.18 Å². The van der Waals surface area contributed by atoms with Crippen molar-refractivity contribution >= 4 is 34.4 Å². The van der Waals surface area contributed by atoms with Crippen molar-refractivity contribution < 1.29 is 27.6 Å². The van der Waals surface area contributed by atoms with Crippen LogP contribution in [-0.2, 0) is 22.3 Å². The Labute approximate surface area is 179 Å². The summed E-state index contributed by atoms with van der Waals surface area (Å²) >= 11 is 0. The van der Waals surface area contributed by atoms with Gasteiger partial charge in [0.05, 0.1) is 28.7 Å². The number of carbonyl (C=O) groups is 3. The zero-order valence-electron chi connectivity index (χ0n) is 16.6. The summed E-state index contributed by atoms with van der Waals surface area (Å²) in [6.07, 6.45) is -5.01. The summed E-state index contributed by atoms with van der Waals surface area (Å²) < 4.78 is 41.1. The number of rotatable bonds is 5. The van der Waals surface area contributed by atoms with E-state index in [0.717, 1.165) is 4.57 Å². The lowest BCUT2D eigenvalue weighted by molar-refractivity contribution is -0.146. The average molecular weight is 445 g/mol. The van der Waals surface area contributed by atoms with Crippen LogP contribution in [0.25, 0.3) is 11.0 Å². The fourth-order valence-corrected chi connectivity index (χ4v) is 3.54. The Kier molecular flexibility index (Phi) is 5.56. The van der Waals surface area contributed by atoms with Crippen LogP contribution in [0.1, 0.15) is 22.6 Å². The number of aromatic nitrogens is 2. The zero-order chi connectivity index (χ0) is 22.9. The molecule has 3 amide bonds. The van der Waals surface area contributed by atoms with Crippen LogP contribution >= 0.6 is 0 Å². The Bertz CT molecular complexity index is 1200. The number of fused-ring (bicyclic) bond motifs is 2. The van der Waals surface area contributed by atoms with E-state index in [2.05, 4.69) is 20.9 Å². The molecule has 0 fully saturated rings. The molecule has 2 heterocycles. The molecule has 8 nitrogen and oxygen atoms in total. The van der Waals surface area contributed by atoms with Gasteiger partial charge in [0.15, 0.2) is 0 Å². The van der Waals surface area contributed by atoms with Crippen molar-refractivity contribution in [3.8, 4) is 0 Å². The lowest BCUT2D eigenvalue weighted by Crippen LogP contribution is -2.44. The molecule has 0 aliphatic carbocycles. The third kappa shape index (κ3) is 4.27. The van der Waals surface area contributed by atoms with E-state index < -0.39 is 35.8 Å². The molecule has 0 radical (unpaired) electrons. The van der Waals surface area contributed by atoms with Gasteiger partial charge < -0.3 is 20.5 Å². The Morgan fingerprint density at radius 2 is 1.81 bits per heavy atom. The highest BCUT2D eigenvalue weighted by Crippen LogP contribution is 2.31. The normalized spacial score (nSPS) is 16.2. The maximum atomic E-state index is 13.4. The monoisotopic (exact) mass is 445 g/mol. The molecule has 3 N–H and O–H groups in total. The van der Waals surface area contributed by atoms with E-state index in [-0.39, 0.29) is 30.6 Å². The maximum Gasteiger partial charge on any atom is 0.449 e. The Hall–Kier alpha value is -3.89. The summed E-state index contributed by atoms with van der Waals surface area (Å²) in [4.78, 5) is 40.7. The first-order valence-electron chi connectivity index (χ1n) is 9.74. The third-order valence-electron chi connectivity index (χ3n) is 5.01. The van der Waals surface area contributed by atoms with E-state index in [0.29, 0.717) is 11.2 Å². The second-order valence-electron chi connectivity index (χ2n) is 7.19. The summed E-state index contributed by atoms with van der Waals surface area (Å²) in [5.74, 6) is -2.70. The summed E-state index contributed by atoms with van der Waals surface area (Å²) in [5, 5.41) is 7.59. The van der Waals surface area contributed by atoms with Crippen LogP contribution in [0.15, 0.2) is 48.5 Å². The second-order valence-corrected chi connectivity index (χ2v) is 7.19. The number of para-hydroxylation sites is 3. The number of nitrogens with one attached hydrogen (secondary N) is 3. The van der Waals surface area contributed by atoms with E-state index in [1.165, 1.54) is 12.1 Å². The van der Waals surface area contributed by atoms with Crippen molar-refractivity contribution in [1.82, 2.24) is 20.2 Å². The molecular weight excluding hydrogens is 427 g/mol. The second kappa shape index (κ2) is 8.33. The lowest BCUT2D eigenvalue weighted by atomic mass is 10.1. The minimum Gasteiger partial charge on any atom is -0.354 e. The number of alkyl halides is 3. The number of hydrogen-bond donors (Lipinski definition) is 3. The molecule has 1 unspecified atom stereocenters. The van der Waals surface area contributed by atoms with Gasteiger partial charge in [-0.1, -0.05) is 24.3 Å². The molecule has 1 aliphatic heterocycles. The molecule has 1 atom stereocenters. The number of hydrogen-bond acceptors (Lipinski definition) is 4. The molecule has 1 aliphatic rings. The SMILES string of the molecule is O=C(CC1NC(=O)c2ccccc2NC1=O)NCCn1c(C(F)(F)F)nc2ccccc21. The zero-order valence-corrected chi connectivity index (χ0v) is 16.6. The van der Waals surface area contributed by atoms with E-state index in [1.807, 2.05) is 0 Å². The Morgan fingerprint density at radius 3 is 2.59 bits per heavy atom. The van der Waals surface area contributed by atoms with Crippen molar-refractivity contribution in [2.45, 2.75) is 25.2 Å². The fourth-order valence-electron chi connectivity index (χ4n) is 3.54. The highest BCUT2D eigenvalue weighted by atomic mass is 19.4. The van der Waals surface area contributed by atoms with Gasteiger partial charge in [-0.15, -0.1) is 0 Å². The van der Waals surface area contributed by atoms with Gasteiger partial charge in [0.2, 0.25) is 17.6 Å². The van der Waals surface area contributed by atoms with Crippen molar-refractivity contribution in [2.24, 2.45) is 0 Å². The molecule has 166 valence electrons. The molecule has 32 heavy (non-hydrogen) atoms. The minimum absolute atomic E-state index is 0.120. The molecule has 4 rings (SSSR count). The molecule has 3 aromatic rings. The van der Waals surface area contributed by atoms with Gasteiger partial charge in [0.25, 0.3) is 5.91 Å². The number of nitrogens with zero attached hydrogens (tertiary/aromatic N) is 2. The molecule has 0 saturated carbocycles. The molecule has 0 spiro atoms. The van der Waals surface area contributed by atoms with Crippen LogP contribution in [0.4, 0.5) is 18.9 Å². The molecule has 1 aromatic heterocycles. The number of carbonyl (C=O) groups excluding carboxylic acids is 3. The maximum absolute atomic E-state index is 13.4. The van der Waals surface area contributed by atoms with E-state index in [4.69, 9.17) is 0 Å². The number of amides is 3. The summed E-state index contributed by atoms with van der Waals surface area (Å²) in [5.41, 5.74) is 1.10. The molecular formula is C21H18F3N5O3. The van der Waals surface area contributed by atoms with Crippen LogP contribution in [0.3, 0.4) is 0 Å². The molecule has 0 saturated heterocycles. The first kappa shape index (κ1) is 21.3. The first-order valence-corrected chi connectivity index (χ1v) is 9.74. The standard InChI is InChI=1S/C21H18F3N5O3/c22-21(23,24)20-28-14-7-3-4-8-16(14)29(20)10-9-25-17(30)11-15-19(32)26-13-6-2-1-5-12(13)18(31)27-15/h1-8,15H,9-11H2,(H,25,30)(H,26,32)(H,27,31). The first-order chi connectivity index (χ1) is 15.2. The highest BCUT2D eigenvalue weighted by Gasteiger charge is 2.37. The highest BCUT2D eigenvalue weighted by molar-refractivity contribution is 6.10. The van der Waals surface area contributed by atoms with Crippen LogP contribution in [0.2, 0.25) is 0 Å². The minimum atomic E-state index is -4.65. The Morgan fingerprint density at radius 1 is 1.09 bits per heavy atom. The van der Waals surface area contributed by atoms with Crippen LogP contribution < -0.4 is 16.0 Å². The largest absolute Gasteiger partial charge is 0.449 e. The fraction of sp³-hybridized carbons (Fsp3) is 0.238. The van der Waals surface area contributed by atoms with E-state index in [1.54, 1.807) is 36.4 Å². The number of benzene rings is 2. The van der Waals surface area contributed by atoms with Gasteiger partial charge in [-0.3, -0.25) is 14.4 Å².